The molecular formula is C30H38N4O5. The molecule has 0 radical (unpaired) electrons. The molecule has 0 spiro atoms. The number of nitrogens with one attached hydrogen (secondary N) is 3. The first kappa shape index (κ1) is 28.3. The maximum Gasteiger partial charge on any atom is 0.246 e. The van der Waals surface area contributed by atoms with E-state index in [9.17, 15) is 24.3 Å². The molecule has 0 aliphatic carbocycles. The number of aliphatic hydroxyl groups excluding tert-OH is 1. The van der Waals surface area contributed by atoms with Gasteiger partial charge in [-0.05, 0) is 50.2 Å². The van der Waals surface area contributed by atoms with Crippen LogP contribution >= 0.6 is 0 Å². The van der Waals surface area contributed by atoms with E-state index < -0.39 is 35.5 Å². The van der Waals surface area contributed by atoms with Crippen molar-refractivity contribution in [3.63, 3.8) is 0 Å². The molecule has 0 saturated carbocycles. The Labute approximate surface area is 229 Å². The Balaban J connectivity index is 1.71. The molecule has 0 bridgehead atoms. The Morgan fingerprint density at radius 3 is 2.21 bits per heavy atom. The summed E-state index contributed by atoms with van der Waals surface area (Å²) in [6.45, 7) is 2.03. The molecule has 39 heavy (non-hydrogen) atoms. The van der Waals surface area contributed by atoms with E-state index in [1.807, 2.05) is 60.7 Å². The van der Waals surface area contributed by atoms with Crippen molar-refractivity contribution in [2.24, 2.45) is 0 Å². The Bertz CT molecular complexity index is 1160. The van der Waals surface area contributed by atoms with E-state index in [1.54, 1.807) is 11.8 Å². The van der Waals surface area contributed by atoms with Gasteiger partial charge in [0.05, 0.1) is 0 Å². The van der Waals surface area contributed by atoms with Gasteiger partial charge in [0.2, 0.25) is 23.6 Å². The monoisotopic (exact) mass is 534 g/mol. The van der Waals surface area contributed by atoms with Crippen LogP contribution in [0.25, 0.3) is 0 Å². The van der Waals surface area contributed by atoms with Gasteiger partial charge < -0.3 is 26.0 Å². The van der Waals surface area contributed by atoms with Crippen molar-refractivity contribution in [2.75, 3.05) is 13.2 Å². The van der Waals surface area contributed by atoms with E-state index in [2.05, 4.69) is 16.0 Å². The molecule has 4 rings (SSSR count). The van der Waals surface area contributed by atoms with Crippen molar-refractivity contribution >= 4 is 23.6 Å². The van der Waals surface area contributed by atoms with Crippen molar-refractivity contribution in [1.82, 2.24) is 20.9 Å². The molecular weight excluding hydrogens is 496 g/mol. The average Bonchev–Trinajstić information content (AvgIpc) is 3.42. The van der Waals surface area contributed by atoms with Crippen molar-refractivity contribution in [3.8, 4) is 0 Å². The second-order valence-corrected chi connectivity index (χ2v) is 10.7. The van der Waals surface area contributed by atoms with Crippen molar-refractivity contribution in [2.45, 2.75) is 75.5 Å². The van der Waals surface area contributed by atoms with Gasteiger partial charge in [-0.1, -0.05) is 60.7 Å². The molecule has 2 fully saturated rings. The summed E-state index contributed by atoms with van der Waals surface area (Å²) >= 11 is 0. The lowest BCUT2D eigenvalue weighted by Gasteiger charge is -2.36. The number of hydrogen-bond donors (Lipinski definition) is 4. The molecule has 4 amide bonds. The normalized spacial score (nSPS) is 26.1. The molecule has 2 aromatic carbocycles. The number of amides is 4. The summed E-state index contributed by atoms with van der Waals surface area (Å²) in [7, 11) is 0. The molecule has 2 heterocycles. The minimum atomic E-state index is -1.39. The number of benzene rings is 2. The molecule has 208 valence electrons. The lowest BCUT2D eigenvalue weighted by atomic mass is 9.90. The van der Waals surface area contributed by atoms with Crippen molar-refractivity contribution < 1.29 is 24.3 Å². The van der Waals surface area contributed by atoms with Crippen LogP contribution in [0.4, 0.5) is 0 Å². The average molecular weight is 535 g/mol. The second kappa shape index (κ2) is 12.9. The van der Waals surface area contributed by atoms with Gasteiger partial charge in [-0.25, -0.2) is 0 Å². The van der Waals surface area contributed by atoms with Gasteiger partial charge in [0.15, 0.2) is 0 Å². The summed E-state index contributed by atoms with van der Waals surface area (Å²) in [5, 5.41) is 18.0. The van der Waals surface area contributed by atoms with Crippen LogP contribution in [0.2, 0.25) is 0 Å². The lowest BCUT2D eigenvalue weighted by molar-refractivity contribution is -0.144. The van der Waals surface area contributed by atoms with E-state index in [0.717, 1.165) is 11.1 Å². The summed E-state index contributed by atoms with van der Waals surface area (Å²) in [4.78, 5) is 56.4. The van der Waals surface area contributed by atoms with E-state index >= 15 is 0 Å². The number of carbonyl (C=O) groups is 4. The van der Waals surface area contributed by atoms with Gasteiger partial charge in [0, 0.05) is 26.0 Å². The maximum atomic E-state index is 14.0. The van der Waals surface area contributed by atoms with Crippen molar-refractivity contribution in [1.29, 1.82) is 0 Å². The largest absolute Gasteiger partial charge is 0.396 e. The number of unbranched alkanes of at least 4 members (excludes halogenated alkanes) is 1. The maximum absolute atomic E-state index is 14.0. The van der Waals surface area contributed by atoms with E-state index in [1.165, 1.54) is 0 Å². The Kier molecular flexibility index (Phi) is 9.35. The van der Waals surface area contributed by atoms with Crippen LogP contribution in [0.15, 0.2) is 60.7 Å². The van der Waals surface area contributed by atoms with Gasteiger partial charge in [-0.2, -0.15) is 0 Å². The predicted octanol–water partition coefficient (Wildman–Crippen LogP) is 1.48. The van der Waals surface area contributed by atoms with Gasteiger partial charge in [-0.15, -0.1) is 0 Å². The van der Waals surface area contributed by atoms with E-state index in [-0.39, 0.29) is 31.3 Å². The number of hydrogen-bond acceptors (Lipinski definition) is 5. The zero-order valence-electron chi connectivity index (χ0n) is 22.4. The van der Waals surface area contributed by atoms with Crippen LogP contribution in [0.3, 0.4) is 0 Å². The van der Waals surface area contributed by atoms with E-state index in [0.29, 0.717) is 38.6 Å². The fourth-order valence-corrected chi connectivity index (χ4v) is 5.41. The highest BCUT2D eigenvalue weighted by Crippen LogP contribution is 2.22. The van der Waals surface area contributed by atoms with Crippen LogP contribution in [0.1, 0.15) is 50.2 Å². The number of nitrogens with zero attached hydrogens (tertiary/aromatic N) is 1. The predicted molar refractivity (Wildman–Crippen MR) is 146 cm³/mol. The zero-order valence-corrected chi connectivity index (χ0v) is 22.4. The topological polar surface area (TPSA) is 128 Å². The Morgan fingerprint density at radius 1 is 0.872 bits per heavy atom. The molecule has 2 aromatic rings. The highest BCUT2D eigenvalue weighted by atomic mass is 16.3. The first-order chi connectivity index (χ1) is 18.8. The van der Waals surface area contributed by atoms with Crippen LogP contribution in [0.5, 0.6) is 0 Å². The first-order valence-electron chi connectivity index (χ1n) is 13.7. The number of rotatable bonds is 8. The summed E-state index contributed by atoms with van der Waals surface area (Å²) in [6.07, 6.45) is 2.90. The molecule has 2 aliphatic heterocycles. The SMILES string of the molecule is C[C@]1(Cc2ccccc2)NC(=O)[C@H](CCCCO)NC(=O)[C@H]2CCCN2C(=O)C(Cc2ccccc2)NC1=O. The summed E-state index contributed by atoms with van der Waals surface area (Å²) in [6, 6.07) is 16.3. The van der Waals surface area contributed by atoms with Crippen LogP contribution in [0, 0.1) is 0 Å². The molecule has 2 saturated heterocycles. The van der Waals surface area contributed by atoms with Crippen molar-refractivity contribution in [3.05, 3.63) is 71.8 Å². The van der Waals surface area contributed by atoms with Gasteiger partial charge in [0.1, 0.15) is 23.7 Å². The summed E-state index contributed by atoms with van der Waals surface area (Å²) in [5.74, 6) is -1.62. The molecule has 9 heteroatoms. The standard InChI is InChI=1S/C30H38N4O5/c1-30(20-22-13-6-3-7-14-22)29(39)32-24(19-21-11-4-2-5-12-21)28(38)34-17-10-16-25(34)27(37)31-23(26(36)33-30)15-8-9-18-35/h2-7,11-14,23-25,35H,8-10,15-20H2,1H3,(H,31,37)(H,32,39)(H,33,36)/t23-,24?,25+,30+/m0/s1. The highest BCUT2D eigenvalue weighted by molar-refractivity contribution is 5.99. The first-order valence-corrected chi connectivity index (χ1v) is 13.7. The van der Waals surface area contributed by atoms with Gasteiger partial charge in [0.25, 0.3) is 0 Å². The van der Waals surface area contributed by atoms with Gasteiger partial charge >= 0.3 is 0 Å². The molecule has 1 unspecified atom stereocenters. The second-order valence-electron chi connectivity index (χ2n) is 10.7. The Hall–Kier alpha value is -3.72. The fraction of sp³-hybridized carbons (Fsp3) is 0.467. The molecule has 4 N–H and O–H groups in total. The Morgan fingerprint density at radius 2 is 1.54 bits per heavy atom. The smallest absolute Gasteiger partial charge is 0.246 e. The third kappa shape index (κ3) is 7.03. The zero-order chi connectivity index (χ0) is 27.8. The fourth-order valence-electron chi connectivity index (χ4n) is 5.41. The van der Waals surface area contributed by atoms with Crippen LogP contribution in [-0.4, -0.2) is 70.5 Å². The number of fused-ring (bicyclic) bond motifs is 1. The third-order valence-electron chi connectivity index (χ3n) is 7.56. The number of aliphatic hydroxyl groups is 1. The molecule has 0 aromatic heterocycles. The number of carbonyl (C=O) groups excluding carboxylic acids is 4. The molecule has 4 atom stereocenters. The lowest BCUT2D eigenvalue weighted by Crippen LogP contribution is -2.66. The minimum absolute atomic E-state index is 0.0237. The van der Waals surface area contributed by atoms with Crippen LogP contribution in [-0.2, 0) is 32.0 Å². The molecule has 2 aliphatic rings. The summed E-state index contributed by atoms with van der Waals surface area (Å²) < 4.78 is 0. The minimum Gasteiger partial charge on any atom is -0.396 e. The quantitative estimate of drug-likeness (QED) is 0.382. The van der Waals surface area contributed by atoms with Crippen LogP contribution < -0.4 is 16.0 Å². The highest BCUT2D eigenvalue weighted by Gasteiger charge is 2.43. The van der Waals surface area contributed by atoms with Gasteiger partial charge in [-0.3, -0.25) is 19.2 Å². The van der Waals surface area contributed by atoms with E-state index in [4.69, 9.17) is 0 Å². The third-order valence-corrected chi connectivity index (χ3v) is 7.56. The molecule has 9 nitrogen and oxygen atoms in total. The summed E-state index contributed by atoms with van der Waals surface area (Å²) in [5.41, 5.74) is 0.326.